The number of ether oxygens (including phenoxy) is 2. The first-order valence-corrected chi connectivity index (χ1v) is 13.3. The highest BCUT2D eigenvalue weighted by atomic mass is 35.5. The molecule has 1 aliphatic rings. The van der Waals surface area contributed by atoms with Crippen LogP contribution in [-0.2, 0) is 21.2 Å². The van der Waals surface area contributed by atoms with Crippen LogP contribution in [0.15, 0.2) is 41.3 Å². The second kappa shape index (κ2) is 12.3. The van der Waals surface area contributed by atoms with Gasteiger partial charge in [0.2, 0.25) is 15.9 Å². The van der Waals surface area contributed by atoms with Crippen LogP contribution in [0.4, 0.5) is 11.4 Å². The first-order chi connectivity index (χ1) is 16.4. The zero-order valence-electron chi connectivity index (χ0n) is 19.6. The molecule has 0 unspecified atom stereocenters. The lowest BCUT2D eigenvalue weighted by Crippen LogP contribution is -2.29. The molecular formula is C24H32ClN3O5S. The first kappa shape index (κ1) is 26.1. The highest BCUT2D eigenvalue weighted by Crippen LogP contribution is 2.31. The first-order valence-electron chi connectivity index (χ1n) is 11.3. The summed E-state index contributed by atoms with van der Waals surface area (Å²) in [5, 5.41) is 2.78. The molecule has 2 N–H and O–H groups in total. The molecule has 0 saturated carbocycles. The zero-order chi connectivity index (χ0) is 24.6. The van der Waals surface area contributed by atoms with E-state index in [-0.39, 0.29) is 23.8 Å². The number of nitrogens with one attached hydrogen (secondary N) is 2. The number of carbonyl (C=O) groups excluding carboxylic acids is 1. The summed E-state index contributed by atoms with van der Waals surface area (Å²) in [6.45, 7) is 1.81. The summed E-state index contributed by atoms with van der Waals surface area (Å²) in [6, 6.07) is 10.6. The van der Waals surface area contributed by atoms with E-state index in [9.17, 15) is 13.2 Å². The Hall–Kier alpha value is -2.49. The second-order valence-electron chi connectivity index (χ2n) is 8.05. The molecule has 2 aromatic rings. The summed E-state index contributed by atoms with van der Waals surface area (Å²) in [5.41, 5.74) is 2.01. The predicted octanol–water partition coefficient (Wildman–Crippen LogP) is 3.78. The molecule has 10 heteroatoms. The van der Waals surface area contributed by atoms with Gasteiger partial charge < -0.3 is 19.7 Å². The number of rotatable bonds is 12. The number of sulfonamides is 1. The van der Waals surface area contributed by atoms with Crippen molar-refractivity contribution in [3.63, 3.8) is 0 Å². The monoisotopic (exact) mass is 509 g/mol. The van der Waals surface area contributed by atoms with Gasteiger partial charge in [-0.25, -0.2) is 13.1 Å². The van der Waals surface area contributed by atoms with Gasteiger partial charge in [0.25, 0.3) is 0 Å². The maximum absolute atomic E-state index is 13.3. The van der Waals surface area contributed by atoms with Crippen molar-refractivity contribution in [3.8, 4) is 11.5 Å². The summed E-state index contributed by atoms with van der Waals surface area (Å²) in [7, 11) is -0.694. The van der Waals surface area contributed by atoms with E-state index >= 15 is 0 Å². The normalized spacial score (nSPS) is 13.7. The van der Waals surface area contributed by atoms with Gasteiger partial charge in [-0.15, -0.1) is 11.6 Å². The molecule has 186 valence electrons. The maximum atomic E-state index is 13.3. The summed E-state index contributed by atoms with van der Waals surface area (Å²) < 4.78 is 39.9. The largest absolute Gasteiger partial charge is 0.493 e. The van der Waals surface area contributed by atoms with E-state index in [2.05, 4.69) is 14.9 Å². The van der Waals surface area contributed by atoms with Gasteiger partial charge in [0.15, 0.2) is 11.5 Å². The lowest BCUT2D eigenvalue weighted by atomic mass is 10.1. The average Bonchev–Trinajstić information content (AvgIpc) is 3.37. The van der Waals surface area contributed by atoms with Crippen molar-refractivity contribution in [1.29, 1.82) is 0 Å². The third-order valence-corrected chi connectivity index (χ3v) is 7.43. The molecule has 1 saturated heterocycles. The number of benzene rings is 2. The number of nitrogens with zero attached hydrogens (tertiary/aromatic N) is 1. The SMILES string of the molecule is COc1ccc(CCNS(=O)(=O)c2cc(NC(=O)CCCCl)ccc2N2CCCC2)cc1OC. The Morgan fingerprint density at radius 2 is 1.79 bits per heavy atom. The third kappa shape index (κ3) is 6.77. The van der Waals surface area contributed by atoms with Crippen LogP contribution in [0.5, 0.6) is 11.5 Å². The minimum atomic E-state index is -3.82. The molecule has 34 heavy (non-hydrogen) atoms. The number of hydrogen-bond donors (Lipinski definition) is 2. The van der Waals surface area contributed by atoms with E-state index in [4.69, 9.17) is 21.1 Å². The fourth-order valence-corrected chi connectivity index (χ4v) is 5.34. The van der Waals surface area contributed by atoms with Crippen LogP contribution in [0.2, 0.25) is 0 Å². The lowest BCUT2D eigenvalue weighted by Gasteiger charge is -2.22. The van der Waals surface area contributed by atoms with Crippen LogP contribution in [0.25, 0.3) is 0 Å². The van der Waals surface area contributed by atoms with Gasteiger partial charge in [-0.1, -0.05) is 6.07 Å². The molecule has 0 spiro atoms. The Bertz CT molecular complexity index is 1090. The van der Waals surface area contributed by atoms with Gasteiger partial charge in [0.05, 0.1) is 19.9 Å². The van der Waals surface area contributed by atoms with Crippen LogP contribution in [0.1, 0.15) is 31.2 Å². The molecule has 2 aromatic carbocycles. The van der Waals surface area contributed by atoms with E-state index in [0.717, 1.165) is 31.5 Å². The van der Waals surface area contributed by atoms with Crippen molar-refractivity contribution in [3.05, 3.63) is 42.0 Å². The maximum Gasteiger partial charge on any atom is 0.242 e. The highest BCUT2D eigenvalue weighted by Gasteiger charge is 2.24. The summed E-state index contributed by atoms with van der Waals surface area (Å²) in [6.07, 6.45) is 3.35. The smallest absolute Gasteiger partial charge is 0.242 e. The Balaban J connectivity index is 1.77. The Labute approximate surface area is 206 Å². The highest BCUT2D eigenvalue weighted by molar-refractivity contribution is 7.89. The molecule has 0 atom stereocenters. The average molecular weight is 510 g/mol. The lowest BCUT2D eigenvalue weighted by molar-refractivity contribution is -0.116. The molecule has 0 aliphatic carbocycles. The Kier molecular flexibility index (Phi) is 9.44. The van der Waals surface area contributed by atoms with Crippen LogP contribution in [0, 0.1) is 0 Å². The van der Waals surface area contributed by atoms with Gasteiger partial charge in [-0.05, 0) is 61.6 Å². The molecule has 3 rings (SSSR count). The van der Waals surface area contributed by atoms with E-state index in [1.165, 1.54) is 6.07 Å². The number of amides is 1. The topological polar surface area (TPSA) is 97.0 Å². The number of hydrogen-bond acceptors (Lipinski definition) is 6. The van der Waals surface area contributed by atoms with E-state index < -0.39 is 10.0 Å². The minimum absolute atomic E-state index is 0.164. The molecular weight excluding hydrogens is 478 g/mol. The number of methoxy groups -OCH3 is 2. The molecule has 8 nitrogen and oxygen atoms in total. The molecule has 0 bridgehead atoms. The molecule has 1 fully saturated rings. The van der Waals surface area contributed by atoms with Crippen LogP contribution < -0.4 is 24.4 Å². The quantitative estimate of drug-likeness (QED) is 0.423. The Morgan fingerprint density at radius 3 is 2.47 bits per heavy atom. The molecule has 1 heterocycles. The zero-order valence-corrected chi connectivity index (χ0v) is 21.2. The number of carbonyl (C=O) groups is 1. The van der Waals surface area contributed by atoms with Crippen molar-refractivity contribution >= 4 is 38.9 Å². The summed E-state index contributed by atoms with van der Waals surface area (Å²) in [4.78, 5) is 14.4. The van der Waals surface area contributed by atoms with Crippen molar-refractivity contribution in [2.24, 2.45) is 0 Å². The van der Waals surface area contributed by atoms with Crippen LogP contribution in [0.3, 0.4) is 0 Å². The van der Waals surface area contributed by atoms with Crippen molar-refractivity contribution < 1.29 is 22.7 Å². The third-order valence-electron chi connectivity index (χ3n) is 5.67. The van der Waals surface area contributed by atoms with Gasteiger partial charge in [0.1, 0.15) is 4.90 Å². The molecule has 0 aromatic heterocycles. The van der Waals surface area contributed by atoms with Crippen molar-refractivity contribution in [2.45, 2.75) is 37.0 Å². The van der Waals surface area contributed by atoms with Gasteiger partial charge in [-0.3, -0.25) is 4.79 Å². The van der Waals surface area contributed by atoms with E-state index in [0.29, 0.717) is 41.6 Å². The minimum Gasteiger partial charge on any atom is -0.493 e. The predicted molar refractivity (Wildman–Crippen MR) is 135 cm³/mol. The molecule has 1 amide bonds. The van der Waals surface area contributed by atoms with Crippen molar-refractivity contribution in [1.82, 2.24) is 4.72 Å². The van der Waals surface area contributed by atoms with Crippen LogP contribution in [-0.4, -0.2) is 54.1 Å². The van der Waals surface area contributed by atoms with Gasteiger partial charge in [0, 0.05) is 37.6 Å². The molecule has 0 radical (unpaired) electrons. The summed E-state index contributed by atoms with van der Waals surface area (Å²) >= 11 is 5.67. The van der Waals surface area contributed by atoms with E-state index in [1.54, 1.807) is 32.4 Å². The van der Waals surface area contributed by atoms with Gasteiger partial charge in [-0.2, -0.15) is 0 Å². The standard InChI is InChI=1S/C24H32ClN3O5S/c1-32-21-10-7-18(16-22(21)33-2)11-13-26-34(30,31)23-17-19(27-24(29)6-5-12-25)8-9-20(23)28-14-3-4-15-28/h7-10,16-17,26H,3-6,11-15H2,1-2H3,(H,27,29). The number of alkyl halides is 1. The van der Waals surface area contributed by atoms with E-state index in [1.807, 2.05) is 12.1 Å². The van der Waals surface area contributed by atoms with Crippen molar-refractivity contribution in [2.75, 3.05) is 50.0 Å². The Morgan fingerprint density at radius 1 is 1.06 bits per heavy atom. The molecule has 1 aliphatic heterocycles. The second-order valence-corrected chi connectivity index (χ2v) is 10.2. The summed E-state index contributed by atoms with van der Waals surface area (Å²) in [5.74, 6) is 1.41. The number of halogens is 1. The van der Waals surface area contributed by atoms with Crippen LogP contribution >= 0.6 is 11.6 Å². The fraction of sp³-hybridized carbons (Fsp3) is 0.458. The van der Waals surface area contributed by atoms with Gasteiger partial charge >= 0.3 is 0 Å². The number of anilines is 2. The fourth-order valence-electron chi connectivity index (χ4n) is 3.92.